The molecule has 0 radical (unpaired) electrons. The third-order valence-electron chi connectivity index (χ3n) is 5.75. The second-order valence-corrected chi connectivity index (χ2v) is 9.05. The summed E-state index contributed by atoms with van der Waals surface area (Å²) in [5.74, 6) is 0.0901. The Kier molecular flexibility index (Phi) is 5.81. The van der Waals surface area contributed by atoms with Crippen LogP contribution in [0.2, 0.25) is 0 Å². The largest absolute Gasteiger partial charge is 0.355 e. The van der Waals surface area contributed by atoms with E-state index < -0.39 is 0 Å². The number of benzene rings is 1. The van der Waals surface area contributed by atoms with Crippen LogP contribution < -0.4 is 5.32 Å². The second kappa shape index (κ2) is 8.48. The van der Waals surface area contributed by atoms with Gasteiger partial charge in [-0.1, -0.05) is 25.0 Å². The zero-order valence-corrected chi connectivity index (χ0v) is 17.3. The molecule has 1 N–H and O–H groups in total. The quantitative estimate of drug-likeness (QED) is 0.805. The van der Waals surface area contributed by atoms with E-state index in [1.807, 2.05) is 29.2 Å². The topological polar surface area (TPSA) is 49.4 Å². The van der Waals surface area contributed by atoms with Gasteiger partial charge in [-0.05, 0) is 67.9 Å². The summed E-state index contributed by atoms with van der Waals surface area (Å²) in [6.45, 7) is 0.611. The molecule has 0 bridgehead atoms. The molecule has 0 atom stereocenters. The maximum absolute atomic E-state index is 13.3. The predicted molar refractivity (Wildman–Crippen MR) is 113 cm³/mol. The minimum absolute atomic E-state index is 0.0855. The second-order valence-electron chi connectivity index (χ2n) is 7.91. The van der Waals surface area contributed by atoms with E-state index in [2.05, 4.69) is 11.4 Å². The van der Waals surface area contributed by atoms with Gasteiger partial charge in [-0.25, -0.2) is 0 Å². The molecule has 0 spiro atoms. The fourth-order valence-electron chi connectivity index (χ4n) is 3.95. The standard InChI is InChI=1S/C23H28N2O2S/c1-24-22(26)17-10-8-16(9-11-17)15-25(19-12-13-19)23(27)21-14-18-6-4-2-3-5-7-20(18)28-21/h8-11,14,19H,2-7,12-13,15H2,1H3,(H,24,26). The highest BCUT2D eigenvalue weighted by molar-refractivity contribution is 7.14. The van der Waals surface area contributed by atoms with Gasteiger partial charge in [0.1, 0.15) is 0 Å². The number of aryl methyl sites for hydroxylation is 2. The molecule has 148 valence electrons. The zero-order chi connectivity index (χ0) is 19.5. The van der Waals surface area contributed by atoms with Crippen LogP contribution in [0.1, 0.15) is 74.6 Å². The molecule has 2 aliphatic rings. The molecule has 1 heterocycles. The maximum atomic E-state index is 13.3. The molecule has 1 fully saturated rings. The Labute approximate surface area is 170 Å². The van der Waals surface area contributed by atoms with Gasteiger partial charge >= 0.3 is 0 Å². The molecule has 28 heavy (non-hydrogen) atoms. The SMILES string of the molecule is CNC(=O)c1ccc(CN(C(=O)c2cc3c(s2)CCCCCC3)C2CC2)cc1. The monoisotopic (exact) mass is 396 g/mol. The first-order valence-electron chi connectivity index (χ1n) is 10.4. The van der Waals surface area contributed by atoms with E-state index >= 15 is 0 Å². The van der Waals surface area contributed by atoms with Crippen LogP contribution in [0.25, 0.3) is 0 Å². The van der Waals surface area contributed by atoms with E-state index in [4.69, 9.17) is 0 Å². The highest BCUT2D eigenvalue weighted by atomic mass is 32.1. The fourth-order valence-corrected chi connectivity index (χ4v) is 5.16. The van der Waals surface area contributed by atoms with Gasteiger partial charge in [0, 0.05) is 30.1 Å². The Morgan fingerprint density at radius 1 is 1.07 bits per heavy atom. The number of carbonyl (C=O) groups excluding carboxylic acids is 2. The number of amides is 2. The lowest BCUT2D eigenvalue weighted by Crippen LogP contribution is -2.32. The van der Waals surface area contributed by atoms with Crippen LogP contribution in [0.3, 0.4) is 0 Å². The molecule has 2 amide bonds. The van der Waals surface area contributed by atoms with Gasteiger partial charge in [0.2, 0.25) is 0 Å². The van der Waals surface area contributed by atoms with Gasteiger partial charge in [-0.2, -0.15) is 0 Å². The summed E-state index contributed by atoms with van der Waals surface area (Å²) in [6, 6.07) is 10.1. The van der Waals surface area contributed by atoms with Crippen molar-refractivity contribution in [2.24, 2.45) is 0 Å². The smallest absolute Gasteiger partial charge is 0.264 e. The molecule has 0 aliphatic heterocycles. The first-order valence-corrected chi connectivity index (χ1v) is 11.2. The van der Waals surface area contributed by atoms with Gasteiger partial charge in [-0.3, -0.25) is 9.59 Å². The van der Waals surface area contributed by atoms with Crippen LogP contribution >= 0.6 is 11.3 Å². The zero-order valence-electron chi connectivity index (χ0n) is 16.5. The van der Waals surface area contributed by atoms with Crippen molar-refractivity contribution < 1.29 is 9.59 Å². The Balaban J connectivity index is 1.51. The van der Waals surface area contributed by atoms with Crippen molar-refractivity contribution in [3.8, 4) is 0 Å². The number of nitrogens with one attached hydrogen (secondary N) is 1. The third kappa shape index (κ3) is 4.30. The van der Waals surface area contributed by atoms with Crippen molar-refractivity contribution in [1.82, 2.24) is 10.2 Å². The van der Waals surface area contributed by atoms with E-state index in [9.17, 15) is 9.59 Å². The first kappa shape index (κ1) is 19.2. The highest BCUT2D eigenvalue weighted by Crippen LogP contribution is 2.34. The Morgan fingerprint density at radius 3 is 2.46 bits per heavy atom. The summed E-state index contributed by atoms with van der Waals surface area (Å²) in [6.07, 6.45) is 9.51. The lowest BCUT2D eigenvalue weighted by molar-refractivity contribution is 0.0734. The summed E-state index contributed by atoms with van der Waals surface area (Å²) < 4.78 is 0. The molecule has 4 nitrogen and oxygen atoms in total. The van der Waals surface area contributed by atoms with Crippen LogP contribution in [0.15, 0.2) is 30.3 Å². The maximum Gasteiger partial charge on any atom is 0.264 e. The molecule has 0 unspecified atom stereocenters. The normalized spacial score (nSPS) is 16.6. The number of fused-ring (bicyclic) bond motifs is 1. The van der Waals surface area contributed by atoms with Crippen molar-refractivity contribution >= 4 is 23.2 Å². The minimum atomic E-state index is -0.0855. The fraction of sp³-hybridized carbons (Fsp3) is 0.478. The molecule has 1 saturated carbocycles. The molecule has 4 rings (SSSR count). The van der Waals surface area contributed by atoms with Crippen molar-refractivity contribution in [3.05, 3.63) is 56.8 Å². The van der Waals surface area contributed by atoms with Gasteiger partial charge in [0.25, 0.3) is 11.8 Å². The lowest BCUT2D eigenvalue weighted by atomic mass is 10.00. The molecule has 1 aromatic carbocycles. The molecular weight excluding hydrogens is 368 g/mol. The summed E-state index contributed by atoms with van der Waals surface area (Å²) in [5.41, 5.74) is 3.12. The molecule has 0 saturated heterocycles. The number of hydrogen-bond donors (Lipinski definition) is 1. The van der Waals surface area contributed by atoms with E-state index in [1.54, 1.807) is 18.4 Å². The first-order chi connectivity index (χ1) is 13.7. The molecule has 2 aliphatic carbocycles. The Bertz CT molecular complexity index is 826. The van der Waals surface area contributed by atoms with Crippen molar-refractivity contribution in [1.29, 1.82) is 0 Å². The Morgan fingerprint density at radius 2 is 1.79 bits per heavy atom. The van der Waals surface area contributed by atoms with Gasteiger partial charge in [-0.15, -0.1) is 11.3 Å². The van der Waals surface area contributed by atoms with Gasteiger partial charge in [0.05, 0.1) is 4.88 Å². The van der Waals surface area contributed by atoms with E-state index in [0.717, 1.165) is 36.1 Å². The number of carbonyl (C=O) groups is 2. The van der Waals surface area contributed by atoms with Crippen LogP contribution in [-0.4, -0.2) is 29.8 Å². The van der Waals surface area contributed by atoms with E-state index in [0.29, 0.717) is 18.2 Å². The van der Waals surface area contributed by atoms with E-state index in [1.165, 1.54) is 36.1 Å². The average Bonchev–Trinajstić information content (AvgIpc) is 3.47. The minimum Gasteiger partial charge on any atom is -0.355 e. The van der Waals surface area contributed by atoms with E-state index in [-0.39, 0.29) is 11.8 Å². The van der Waals surface area contributed by atoms with Crippen LogP contribution in [0.5, 0.6) is 0 Å². The molecular formula is C23H28N2O2S. The predicted octanol–water partition coefficient (Wildman–Crippen LogP) is 4.57. The third-order valence-corrected chi connectivity index (χ3v) is 6.98. The number of rotatable bonds is 5. The highest BCUT2D eigenvalue weighted by Gasteiger charge is 2.34. The lowest BCUT2D eigenvalue weighted by Gasteiger charge is -2.22. The van der Waals surface area contributed by atoms with Gasteiger partial charge in [0.15, 0.2) is 0 Å². The average molecular weight is 397 g/mol. The molecule has 1 aromatic heterocycles. The van der Waals surface area contributed by atoms with Crippen LogP contribution in [0, 0.1) is 0 Å². The summed E-state index contributed by atoms with van der Waals surface area (Å²) in [5, 5.41) is 2.64. The number of hydrogen-bond acceptors (Lipinski definition) is 3. The Hall–Kier alpha value is -2.14. The van der Waals surface area contributed by atoms with Crippen LogP contribution in [0.4, 0.5) is 0 Å². The summed E-state index contributed by atoms with van der Waals surface area (Å²) in [7, 11) is 1.63. The van der Waals surface area contributed by atoms with Crippen molar-refractivity contribution in [2.75, 3.05) is 7.05 Å². The van der Waals surface area contributed by atoms with Gasteiger partial charge < -0.3 is 10.2 Å². The van der Waals surface area contributed by atoms with Crippen molar-refractivity contribution in [2.45, 2.75) is 64.0 Å². The summed E-state index contributed by atoms with van der Waals surface area (Å²) in [4.78, 5) is 29.4. The molecule has 5 heteroatoms. The molecule has 2 aromatic rings. The number of thiophene rings is 1. The van der Waals surface area contributed by atoms with Crippen LogP contribution in [-0.2, 0) is 19.4 Å². The summed E-state index contributed by atoms with van der Waals surface area (Å²) >= 11 is 1.72. The number of nitrogens with zero attached hydrogens (tertiary/aromatic N) is 1. The van der Waals surface area contributed by atoms with Crippen molar-refractivity contribution in [3.63, 3.8) is 0 Å².